The van der Waals surface area contributed by atoms with E-state index in [0.29, 0.717) is 22.2 Å². The first-order valence-electron chi connectivity index (χ1n) is 9.29. The maximum Gasteiger partial charge on any atom is 0.341 e. The number of thiophene rings is 1. The highest BCUT2D eigenvalue weighted by molar-refractivity contribution is 7.99. The molecular weight excluding hydrogens is 438 g/mol. The fraction of sp³-hybridized carbons (Fsp3) is 0.143. The summed E-state index contributed by atoms with van der Waals surface area (Å²) in [6, 6.07) is 12.8. The standard InChI is InChI=1S/C21H17N3O5S2/c1-2-27-20(26)17-14(15-9-6-10-28-15)11-30-19(17)22-16(25)12-31-21-24-23-18(29-21)13-7-4-3-5-8-13/h3-11H,2,12H2,1H3,(H,22,25). The molecule has 0 spiro atoms. The lowest BCUT2D eigenvalue weighted by Crippen LogP contribution is -2.16. The van der Waals surface area contributed by atoms with E-state index in [4.69, 9.17) is 13.6 Å². The van der Waals surface area contributed by atoms with Gasteiger partial charge < -0.3 is 18.9 Å². The minimum absolute atomic E-state index is 0.0344. The van der Waals surface area contributed by atoms with Gasteiger partial charge in [0.25, 0.3) is 5.22 Å². The number of amides is 1. The Labute approximate surface area is 185 Å². The van der Waals surface area contributed by atoms with Crippen molar-refractivity contribution in [3.05, 3.63) is 59.7 Å². The molecule has 0 unspecified atom stereocenters. The molecule has 0 aliphatic heterocycles. The number of nitrogens with zero attached hydrogens (tertiary/aromatic N) is 2. The monoisotopic (exact) mass is 455 g/mol. The van der Waals surface area contributed by atoms with Crippen molar-refractivity contribution in [2.24, 2.45) is 0 Å². The molecule has 4 aromatic rings. The van der Waals surface area contributed by atoms with Gasteiger partial charge in [0, 0.05) is 16.5 Å². The molecule has 0 aliphatic carbocycles. The number of ether oxygens (including phenoxy) is 1. The van der Waals surface area contributed by atoms with Gasteiger partial charge in [-0.05, 0) is 31.2 Å². The first-order chi connectivity index (χ1) is 15.2. The summed E-state index contributed by atoms with van der Waals surface area (Å²) in [4.78, 5) is 25.0. The highest BCUT2D eigenvalue weighted by Crippen LogP contribution is 2.36. The number of hydrogen-bond donors (Lipinski definition) is 1. The Morgan fingerprint density at radius 1 is 1.16 bits per heavy atom. The van der Waals surface area contributed by atoms with E-state index in [0.717, 1.165) is 17.3 Å². The minimum atomic E-state index is -0.525. The molecule has 4 rings (SSSR count). The summed E-state index contributed by atoms with van der Waals surface area (Å²) < 4.78 is 16.2. The Morgan fingerprint density at radius 3 is 2.74 bits per heavy atom. The zero-order chi connectivity index (χ0) is 21.6. The molecule has 3 heterocycles. The zero-order valence-corrected chi connectivity index (χ0v) is 18.0. The molecule has 0 aliphatic rings. The molecule has 0 bridgehead atoms. The second kappa shape index (κ2) is 9.63. The van der Waals surface area contributed by atoms with Crippen molar-refractivity contribution >= 4 is 40.0 Å². The Morgan fingerprint density at radius 2 is 2.00 bits per heavy atom. The maximum absolute atomic E-state index is 12.5. The predicted octanol–water partition coefficient (Wildman–Crippen LogP) is 4.97. The van der Waals surface area contributed by atoms with E-state index in [1.54, 1.807) is 24.4 Å². The van der Waals surface area contributed by atoms with Crippen molar-refractivity contribution in [3.8, 4) is 22.8 Å². The topological polar surface area (TPSA) is 107 Å². The zero-order valence-electron chi connectivity index (χ0n) is 16.4. The molecule has 1 aromatic carbocycles. The SMILES string of the molecule is CCOC(=O)c1c(-c2ccco2)csc1NC(=O)CSc1nnc(-c2ccccc2)o1. The summed E-state index contributed by atoms with van der Waals surface area (Å²) >= 11 is 2.34. The number of thioether (sulfide) groups is 1. The van der Waals surface area contributed by atoms with E-state index < -0.39 is 5.97 Å². The minimum Gasteiger partial charge on any atom is -0.464 e. The number of esters is 1. The predicted molar refractivity (Wildman–Crippen MR) is 117 cm³/mol. The van der Waals surface area contributed by atoms with Crippen LogP contribution in [0.15, 0.2) is 68.2 Å². The number of carbonyl (C=O) groups excluding carboxylic acids is 2. The van der Waals surface area contributed by atoms with E-state index in [9.17, 15) is 9.59 Å². The normalized spacial score (nSPS) is 10.7. The van der Waals surface area contributed by atoms with Gasteiger partial charge in [0.2, 0.25) is 11.8 Å². The van der Waals surface area contributed by atoms with Crippen molar-refractivity contribution in [2.45, 2.75) is 12.1 Å². The number of aromatic nitrogens is 2. The molecular formula is C21H17N3O5S2. The van der Waals surface area contributed by atoms with Gasteiger partial charge in [-0.1, -0.05) is 30.0 Å². The van der Waals surface area contributed by atoms with Crippen LogP contribution in [-0.2, 0) is 9.53 Å². The maximum atomic E-state index is 12.5. The third-order valence-electron chi connectivity index (χ3n) is 4.06. The number of hydrogen-bond acceptors (Lipinski definition) is 9. The Balaban J connectivity index is 1.44. The third-order valence-corrected chi connectivity index (χ3v) is 5.78. The van der Waals surface area contributed by atoms with E-state index in [2.05, 4.69) is 15.5 Å². The second-order valence-electron chi connectivity index (χ2n) is 6.13. The van der Waals surface area contributed by atoms with Crippen LogP contribution < -0.4 is 5.32 Å². The summed E-state index contributed by atoms with van der Waals surface area (Å²) in [5, 5.41) is 13.2. The van der Waals surface area contributed by atoms with Crippen LogP contribution in [-0.4, -0.2) is 34.4 Å². The Kier molecular flexibility index (Phi) is 6.48. The summed E-state index contributed by atoms with van der Waals surface area (Å²) in [6.45, 7) is 1.94. The lowest BCUT2D eigenvalue weighted by Gasteiger charge is -2.07. The number of furan rings is 1. The molecule has 0 atom stereocenters. The fourth-order valence-corrected chi connectivity index (χ4v) is 4.24. The molecule has 10 heteroatoms. The quantitative estimate of drug-likeness (QED) is 0.293. The van der Waals surface area contributed by atoms with Crippen molar-refractivity contribution in [1.29, 1.82) is 0 Å². The van der Waals surface area contributed by atoms with Crippen LogP contribution >= 0.6 is 23.1 Å². The van der Waals surface area contributed by atoms with E-state index >= 15 is 0 Å². The van der Waals surface area contributed by atoms with Crippen LogP contribution in [0.3, 0.4) is 0 Å². The molecule has 0 saturated carbocycles. The summed E-state index contributed by atoms with van der Waals surface area (Å²) in [6.07, 6.45) is 1.52. The van der Waals surface area contributed by atoms with Gasteiger partial charge in [-0.15, -0.1) is 21.5 Å². The molecule has 0 radical (unpaired) electrons. The van der Waals surface area contributed by atoms with Crippen LogP contribution in [0.1, 0.15) is 17.3 Å². The van der Waals surface area contributed by atoms with E-state index in [-0.39, 0.29) is 29.1 Å². The number of nitrogens with one attached hydrogen (secondary N) is 1. The summed E-state index contributed by atoms with van der Waals surface area (Å²) in [5.74, 6) is 0.0976. The van der Waals surface area contributed by atoms with Crippen LogP contribution in [0.2, 0.25) is 0 Å². The van der Waals surface area contributed by atoms with Crippen molar-refractivity contribution in [1.82, 2.24) is 10.2 Å². The highest BCUT2D eigenvalue weighted by Gasteiger charge is 2.24. The van der Waals surface area contributed by atoms with Crippen molar-refractivity contribution in [3.63, 3.8) is 0 Å². The fourth-order valence-electron chi connectivity index (χ4n) is 2.72. The van der Waals surface area contributed by atoms with E-state index in [1.165, 1.54) is 17.6 Å². The molecule has 0 fully saturated rings. The van der Waals surface area contributed by atoms with Gasteiger partial charge in [0.15, 0.2) is 0 Å². The van der Waals surface area contributed by atoms with Crippen LogP contribution in [0.5, 0.6) is 0 Å². The molecule has 8 nitrogen and oxygen atoms in total. The Hall–Kier alpha value is -3.37. The van der Waals surface area contributed by atoms with E-state index in [1.807, 2.05) is 30.3 Å². The third kappa shape index (κ3) is 4.86. The van der Waals surface area contributed by atoms with Crippen LogP contribution in [0.25, 0.3) is 22.8 Å². The van der Waals surface area contributed by atoms with Gasteiger partial charge in [-0.2, -0.15) is 0 Å². The first kappa shape index (κ1) is 20.9. The molecule has 3 aromatic heterocycles. The lowest BCUT2D eigenvalue weighted by atomic mass is 10.1. The molecule has 31 heavy (non-hydrogen) atoms. The van der Waals surface area contributed by atoms with Gasteiger partial charge in [-0.25, -0.2) is 4.79 Å². The largest absolute Gasteiger partial charge is 0.464 e. The average Bonchev–Trinajstić information content (AvgIpc) is 3.53. The van der Waals surface area contributed by atoms with Crippen LogP contribution in [0, 0.1) is 0 Å². The van der Waals surface area contributed by atoms with Gasteiger partial charge in [0.1, 0.15) is 16.3 Å². The number of carbonyl (C=O) groups is 2. The smallest absolute Gasteiger partial charge is 0.341 e. The van der Waals surface area contributed by atoms with Crippen molar-refractivity contribution in [2.75, 3.05) is 17.7 Å². The van der Waals surface area contributed by atoms with Crippen LogP contribution in [0.4, 0.5) is 5.00 Å². The first-order valence-corrected chi connectivity index (χ1v) is 11.2. The van der Waals surface area contributed by atoms with Gasteiger partial charge in [0.05, 0.1) is 18.6 Å². The second-order valence-corrected chi connectivity index (χ2v) is 7.93. The van der Waals surface area contributed by atoms with Crippen molar-refractivity contribution < 1.29 is 23.2 Å². The summed E-state index contributed by atoms with van der Waals surface area (Å²) in [5.41, 5.74) is 1.64. The van der Waals surface area contributed by atoms with Gasteiger partial charge in [-0.3, -0.25) is 4.79 Å². The molecule has 158 valence electrons. The number of rotatable bonds is 8. The summed E-state index contributed by atoms with van der Waals surface area (Å²) in [7, 11) is 0. The highest BCUT2D eigenvalue weighted by atomic mass is 32.2. The lowest BCUT2D eigenvalue weighted by molar-refractivity contribution is -0.113. The molecule has 1 N–H and O–H groups in total. The molecule has 1 amide bonds. The number of benzene rings is 1. The molecule has 0 saturated heterocycles. The Bertz CT molecular complexity index is 1170. The van der Waals surface area contributed by atoms with Gasteiger partial charge >= 0.3 is 5.97 Å². The number of anilines is 1. The average molecular weight is 456 g/mol.